The Labute approximate surface area is 119 Å². The van der Waals surface area contributed by atoms with Crippen LogP contribution in [0.1, 0.15) is 18.9 Å². The van der Waals surface area contributed by atoms with Crippen molar-refractivity contribution in [2.75, 3.05) is 11.9 Å². The number of nitrogens with one attached hydrogen (secondary N) is 1. The highest BCUT2D eigenvalue weighted by Gasteiger charge is 2.31. The van der Waals surface area contributed by atoms with Crippen LogP contribution in [0.25, 0.3) is 0 Å². The first-order valence-electron chi connectivity index (χ1n) is 6.15. The van der Waals surface area contributed by atoms with Crippen LogP contribution >= 0.6 is 0 Å². The van der Waals surface area contributed by atoms with Crippen molar-refractivity contribution in [1.82, 2.24) is 0 Å². The molecule has 0 aliphatic rings. The van der Waals surface area contributed by atoms with Crippen molar-refractivity contribution >= 4 is 11.6 Å². The quantitative estimate of drug-likeness (QED) is 0.493. The Hall–Kier alpha value is -1.89. The number of ether oxygens (including phenoxy) is 1. The molecule has 1 aromatic rings. The molecule has 0 aliphatic carbocycles. The third-order valence-electron chi connectivity index (χ3n) is 2.61. The first-order valence-corrected chi connectivity index (χ1v) is 6.15. The third kappa shape index (κ3) is 5.18. The summed E-state index contributed by atoms with van der Waals surface area (Å²) >= 11 is 0. The Kier molecular flexibility index (Phi) is 5.90. The van der Waals surface area contributed by atoms with Crippen LogP contribution in [0, 0.1) is 5.82 Å². The van der Waals surface area contributed by atoms with Gasteiger partial charge in [-0.2, -0.15) is 13.2 Å². The van der Waals surface area contributed by atoms with Crippen molar-refractivity contribution in [2.24, 2.45) is 0 Å². The summed E-state index contributed by atoms with van der Waals surface area (Å²) in [5, 5.41) is 2.08. The van der Waals surface area contributed by atoms with E-state index in [2.05, 4.69) is 11.9 Å². The van der Waals surface area contributed by atoms with Crippen LogP contribution in [0.4, 0.5) is 23.2 Å². The van der Waals surface area contributed by atoms with Crippen molar-refractivity contribution in [3.63, 3.8) is 0 Å². The van der Waals surface area contributed by atoms with Gasteiger partial charge in [0.15, 0.2) is 0 Å². The molecule has 0 aromatic heterocycles. The van der Waals surface area contributed by atoms with Gasteiger partial charge >= 0.3 is 6.18 Å². The smallest absolute Gasteiger partial charge is 0.368 e. The molecule has 0 spiro atoms. The number of halogens is 4. The lowest BCUT2D eigenvalue weighted by Crippen LogP contribution is -2.28. The summed E-state index contributed by atoms with van der Waals surface area (Å²) in [6, 6.07) is 1.81. The first-order chi connectivity index (χ1) is 9.75. The molecule has 1 amide bonds. The summed E-state index contributed by atoms with van der Waals surface area (Å²) in [6.07, 6.45) is -3.41. The second-order valence-corrected chi connectivity index (χ2v) is 4.27. The molecule has 21 heavy (non-hydrogen) atoms. The summed E-state index contributed by atoms with van der Waals surface area (Å²) in [5.41, 5.74) is -1.58. The van der Waals surface area contributed by atoms with Gasteiger partial charge in [-0.05, 0) is 31.5 Å². The largest absolute Gasteiger partial charge is 0.416 e. The monoisotopic (exact) mass is 305 g/mol. The maximum atomic E-state index is 13.5. The summed E-state index contributed by atoms with van der Waals surface area (Å²) in [7, 11) is 0. The van der Waals surface area contributed by atoms with Gasteiger partial charge in [0.2, 0.25) is 0 Å². The normalized spacial score (nSPS) is 12.8. The van der Waals surface area contributed by atoms with E-state index >= 15 is 0 Å². The maximum Gasteiger partial charge on any atom is 0.416 e. The SMILES string of the molecule is C=CCCOC(C)C(=O)Nc1cc(C(F)(F)F)ccc1F. The van der Waals surface area contributed by atoms with E-state index in [-0.39, 0.29) is 6.61 Å². The predicted octanol–water partition coefficient (Wildman–Crippen LogP) is 3.76. The number of rotatable bonds is 6. The van der Waals surface area contributed by atoms with Crippen molar-refractivity contribution in [3.8, 4) is 0 Å². The number of carbonyl (C=O) groups excluding carboxylic acids is 1. The Balaban J connectivity index is 2.77. The van der Waals surface area contributed by atoms with Gasteiger partial charge in [-0.15, -0.1) is 6.58 Å². The van der Waals surface area contributed by atoms with Crippen molar-refractivity contribution in [1.29, 1.82) is 0 Å². The fourth-order valence-electron chi connectivity index (χ4n) is 1.44. The average molecular weight is 305 g/mol. The topological polar surface area (TPSA) is 38.3 Å². The van der Waals surface area contributed by atoms with Gasteiger partial charge in [0, 0.05) is 0 Å². The molecule has 1 atom stereocenters. The highest BCUT2D eigenvalue weighted by molar-refractivity contribution is 5.94. The fraction of sp³-hybridized carbons (Fsp3) is 0.357. The standard InChI is InChI=1S/C14H15F4NO2/c1-3-4-7-21-9(2)13(20)19-12-8-10(14(16,17)18)5-6-11(12)15/h3,5-6,8-9H,1,4,7H2,2H3,(H,19,20). The summed E-state index contributed by atoms with van der Waals surface area (Å²) in [6.45, 7) is 5.14. The first kappa shape index (κ1) is 17.2. The Bertz CT molecular complexity index is 514. The molecule has 0 bridgehead atoms. The van der Waals surface area contributed by atoms with E-state index in [0.29, 0.717) is 24.6 Å². The molecule has 0 saturated carbocycles. The van der Waals surface area contributed by atoms with Crippen LogP contribution < -0.4 is 5.32 Å². The molecule has 0 aliphatic heterocycles. The molecule has 0 saturated heterocycles. The highest BCUT2D eigenvalue weighted by atomic mass is 19.4. The zero-order chi connectivity index (χ0) is 16.0. The maximum absolute atomic E-state index is 13.5. The van der Waals surface area contributed by atoms with Crippen LogP contribution in [0.2, 0.25) is 0 Å². The van der Waals surface area contributed by atoms with Crippen molar-refractivity contribution in [2.45, 2.75) is 25.6 Å². The molecule has 3 nitrogen and oxygen atoms in total. The lowest BCUT2D eigenvalue weighted by atomic mass is 10.2. The van der Waals surface area contributed by atoms with E-state index in [1.807, 2.05) is 0 Å². The zero-order valence-electron chi connectivity index (χ0n) is 11.3. The summed E-state index contributed by atoms with van der Waals surface area (Å²) in [4.78, 5) is 11.7. The molecule has 0 heterocycles. The molecule has 1 N–H and O–H groups in total. The molecule has 0 fully saturated rings. The van der Waals surface area contributed by atoms with E-state index < -0.39 is 35.3 Å². The Morgan fingerprint density at radius 2 is 2.14 bits per heavy atom. The molecular weight excluding hydrogens is 290 g/mol. The van der Waals surface area contributed by atoms with E-state index in [9.17, 15) is 22.4 Å². The van der Waals surface area contributed by atoms with E-state index in [4.69, 9.17) is 4.74 Å². The second-order valence-electron chi connectivity index (χ2n) is 4.27. The second kappa shape index (κ2) is 7.21. The summed E-state index contributed by atoms with van der Waals surface area (Å²) < 4.78 is 56.2. The highest BCUT2D eigenvalue weighted by Crippen LogP contribution is 2.31. The summed E-state index contributed by atoms with van der Waals surface area (Å²) in [5.74, 6) is -1.67. The van der Waals surface area contributed by atoms with E-state index in [1.165, 1.54) is 6.92 Å². The molecule has 7 heteroatoms. The van der Waals surface area contributed by atoms with Gasteiger partial charge in [0.25, 0.3) is 5.91 Å². The lowest BCUT2D eigenvalue weighted by molar-refractivity contribution is -0.137. The van der Waals surface area contributed by atoms with Crippen LogP contribution in [-0.4, -0.2) is 18.6 Å². The zero-order valence-corrected chi connectivity index (χ0v) is 11.3. The molecule has 1 unspecified atom stereocenters. The van der Waals surface area contributed by atoms with Crippen molar-refractivity contribution in [3.05, 3.63) is 42.2 Å². The van der Waals surface area contributed by atoms with Gasteiger partial charge < -0.3 is 10.1 Å². The minimum Gasteiger partial charge on any atom is -0.368 e. The minimum atomic E-state index is -4.61. The number of anilines is 1. The Morgan fingerprint density at radius 1 is 1.48 bits per heavy atom. The van der Waals surface area contributed by atoms with Crippen LogP contribution in [0.3, 0.4) is 0 Å². The molecule has 116 valence electrons. The fourth-order valence-corrected chi connectivity index (χ4v) is 1.44. The van der Waals surface area contributed by atoms with Crippen LogP contribution in [0.15, 0.2) is 30.9 Å². The number of hydrogen-bond donors (Lipinski definition) is 1. The number of amides is 1. The number of alkyl halides is 3. The number of benzene rings is 1. The van der Waals surface area contributed by atoms with Crippen LogP contribution in [-0.2, 0) is 15.7 Å². The lowest BCUT2D eigenvalue weighted by Gasteiger charge is -2.14. The molecule has 1 aromatic carbocycles. The minimum absolute atomic E-state index is 0.239. The van der Waals surface area contributed by atoms with Gasteiger partial charge in [-0.3, -0.25) is 4.79 Å². The van der Waals surface area contributed by atoms with Crippen molar-refractivity contribution < 1.29 is 27.1 Å². The molecule has 0 radical (unpaired) electrons. The van der Waals surface area contributed by atoms with Gasteiger partial charge in [-0.1, -0.05) is 6.08 Å². The van der Waals surface area contributed by atoms with E-state index in [1.54, 1.807) is 6.08 Å². The third-order valence-corrected chi connectivity index (χ3v) is 2.61. The molecule has 1 rings (SSSR count). The van der Waals surface area contributed by atoms with Gasteiger partial charge in [0.05, 0.1) is 17.9 Å². The van der Waals surface area contributed by atoms with Crippen LogP contribution in [0.5, 0.6) is 0 Å². The average Bonchev–Trinajstić information content (AvgIpc) is 2.40. The number of carbonyl (C=O) groups is 1. The van der Waals surface area contributed by atoms with Gasteiger partial charge in [-0.25, -0.2) is 4.39 Å². The van der Waals surface area contributed by atoms with Gasteiger partial charge in [0.1, 0.15) is 11.9 Å². The number of hydrogen-bond acceptors (Lipinski definition) is 2. The van der Waals surface area contributed by atoms with E-state index in [0.717, 1.165) is 0 Å². The predicted molar refractivity (Wildman–Crippen MR) is 70.3 cm³/mol. The Morgan fingerprint density at radius 3 is 2.71 bits per heavy atom. The molecular formula is C14H15F4NO2.